The van der Waals surface area contributed by atoms with Gasteiger partial charge in [0.2, 0.25) is 0 Å². The number of methoxy groups -OCH3 is 1. The number of nitrogens with one attached hydrogen (secondary N) is 1. The van der Waals surface area contributed by atoms with Gasteiger partial charge in [0.25, 0.3) is 5.91 Å². The minimum atomic E-state index is -0.908. The van der Waals surface area contributed by atoms with Crippen molar-refractivity contribution in [2.45, 2.75) is 52.6 Å². The molecule has 140 valence electrons. The number of amides is 1. The summed E-state index contributed by atoms with van der Waals surface area (Å²) in [5, 5.41) is 2.84. The fourth-order valence-electron chi connectivity index (χ4n) is 2.50. The zero-order valence-electron chi connectivity index (χ0n) is 15.8. The SMILES string of the molecule is CCCCC(C)(OCC)C(=O)Nc1ccc(OC)c(C(=O)OCC)c1. The number of hydrogen-bond acceptors (Lipinski definition) is 5. The van der Waals surface area contributed by atoms with Crippen LogP contribution in [0.4, 0.5) is 5.69 Å². The van der Waals surface area contributed by atoms with Crippen LogP contribution in [0.25, 0.3) is 0 Å². The molecule has 0 saturated heterocycles. The van der Waals surface area contributed by atoms with Gasteiger partial charge in [-0.15, -0.1) is 0 Å². The van der Waals surface area contributed by atoms with E-state index in [2.05, 4.69) is 12.2 Å². The topological polar surface area (TPSA) is 73.9 Å². The van der Waals surface area contributed by atoms with Crippen molar-refractivity contribution >= 4 is 17.6 Å². The Bertz CT molecular complexity index is 587. The molecule has 6 heteroatoms. The van der Waals surface area contributed by atoms with Crippen molar-refractivity contribution in [3.8, 4) is 5.75 Å². The van der Waals surface area contributed by atoms with Gasteiger partial charge in [-0.05, 0) is 45.4 Å². The maximum atomic E-state index is 12.7. The van der Waals surface area contributed by atoms with Crippen molar-refractivity contribution < 1.29 is 23.8 Å². The summed E-state index contributed by atoms with van der Waals surface area (Å²) >= 11 is 0. The highest BCUT2D eigenvalue weighted by Crippen LogP contribution is 2.26. The minimum Gasteiger partial charge on any atom is -0.496 e. The Kier molecular flexibility index (Phi) is 8.41. The molecule has 0 aliphatic carbocycles. The lowest BCUT2D eigenvalue weighted by Crippen LogP contribution is -2.42. The van der Waals surface area contributed by atoms with E-state index in [9.17, 15) is 9.59 Å². The Labute approximate surface area is 149 Å². The molecule has 0 bridgehead atoms. The Balaban J connectivity index is 3.02. The molecule has 1 atom stereocenters. The molecular weight excluding hydrogens is 322 g/mol. The van der Waals surface area contributed by atoms with E-state index in [0.29, 0.717) is 24.5 Å². The first kappa shape index (κ1) is 21.0. The van der Waals surface area contributed by atoms with E-state index in [4.69, 9.17) is 14.2 Å². The second-order valence-electron chi connectivity index (χ2n) is 5.86. The molecule has 6 nitrogen and oxygen atoms in total. The second-order valence-corrected chi connectivity index (χ2v) is 5.86. The molecule has 0 heterocycles. The molecule has 0 aliphatic rings. The number of esters is 1. The van der Waals surface area contributed by atoms with E-state index in [0.717, 1.165) is 12.8 Å². The third-order valence-electron chi connectivity index (χ3n) is 3.90. The third kappa shape index (κ3) is 5.74. The van der Waals surface area contributed by atoms with Crippen molar-refractivity contribution in [3.05, 3.63) is 23.8 Å². The van der Waals surface area contributed by atoms with Crippen molar-refractivity contribution in [1.82, 2.24) is 0 Å². The minimum absolute atomic E-state index is 0.234. The highest BCUT2D eigenvalue weighted by Gasteiger charge is 2.33. The van der Waals surface area contributed by atoms with E-state index in [1.807, 2.05) is 6.92 Å². The largest absolute Gasteiger partial charge is 0.496 e. The van der Waals surface area contributed by atoms with Crippen molar-refractivity contribution in [3.63, 3.8) is 0 Å². The number of ether oxygens (including phenoxy) is 3. The monoisotopic (exact) mass is 351 g/mol. The molecule has 0 fully saturated rings. The van der Waals surface area contributed by atoms with Gasteiger partial charge in [-0.2, -0.15) is 0 Å². The van der Waals surface area contributed by atoms with Gasteiger partial charge in [0.1, 0.15) is 16.9 Å². The van der Waals surface area contributed by atoms with Crippen LogP contribution >= 0.6 is 0 Å². The van der Waals surface area contributed by atoms with Gasteiger partial charge in [-0.25, -0.2) is 4.79 Å². The van der Waals surface area contributed by atoms with Crippen LogP contribution in [0, 0.1) is 0 Å². The van der Waals surface area contributed by atoms with E-state index in [1.165, 1.54) is 7.11 Å². The fraction of sp³-hybridized carbons (Fsp3) is 0.579. The van der Waals surface area contributed by atoms with Gasteiger partial charge in [-0.1, -0.05) is 19.8 Å². The Morgan fingerprint density at radius 2 is 1.88 bits per heavy atom. The first-order valence-corrected chi connectivity index (χ1v) is 8.72. The summed E-state index contributed by atoms with van der Waals surface area (Å²) in [4.78, 5) is 24.8. The smallest absolute Gasteiger partial charge is 0.341 e. The zero-order valence-corrected chi connectivity index (χ0v) is 15.8. The van der Waals surface area contributed by atoms with Gasteiger partial charge in [0.05, 0.1) is 13.7 Å². The standard InChI is InChI=1S/C19H29NO5/c1-6-9-12-19(4,25-8-3)18(22)20-14-10-11-16(23-5)15(13-14)17(21)24-7-2/h10-11,13H,6-9,12H2,1-5H3,(H,20,22). The highest BCUT2D eigenvalue weighted by molar-refractivity contribution is 5.99. The van der Waals surface area contributed by atoms with Gasteiger partial charge < -0.3 is 19.5 Å². The van der Waals surface area contributed by atoms with Crippen LogP contribution in [-0.2, 0) is 14.3 Å². The Morgan fingerprint density at radius 1 is 1.16 bits per heavy atom. The third-order valence-corrected chi connectivity index (χ3v) is 3.90. The lowest BCUT2D eigenvalue weighted by Gasteiger charge is -2.28. The number of benzene rings is 1. The van der Waals surface area contributed by atoms with Crippen LogP contribution in [0.1, 0.15) is 57.3 Å². The molecule has 0 aromatic heterocycles. The first-order valence-electron chi connectivity index (χ1n) is 8.72. The molecular formula is C19H29NO5. The first-order chi connectivity index (χ1) is 11.9. The number of carbonyl (C=O) groups excluding carboxylic acids is 2. The van der Waals surface area contributed by atoms with Gasteiger partial charge in [0, 0.05) is 12.3 Å². The van der Waals surface area contributed by atoms with Gasteiger partial charge in [0.15, 0.2) is 0 Å². The summed E-state index contributed by atoms with van der Waals surface area (Å²) in [6.45, 7) is 8.17. The summed E-state index contributed by atoms with van der Waals surface area (Å²) in [5.41, 5.74) is -0.139. The van der Waals surface area contributed by atoms with E-state index in [1.54, 1.807) is 32.0 Å². The molecule has 25 heavy (non-hydrogen) atoms. The quantitative estimate of drug-likeness (QED) is 0.649. The summed E-state index contributed by atoms with van der Waals surface area (Å²) in [5.74, 6) is -0.327. The van der Waals surface area contributed by atoms with Gasteiger partial charge >= 0.3 is 5.97 Å². The predicted octanol–water partition coefficient (Wildman–Crippen LogP) is 3.80. The summed E-state index contributed by atoms with van der Waals surface area (Å²) in [7, 11) is 1.48. The molecule has 1 aromatic carbocycles. The fourth-order valence-corrected chi connectivity index (χ4v) is 2.50. The molecule has 1 rings (SSSR count). The van der Waals surface area contributed by atoms with E-state index >= 15 is 0 Å². The lowest BCUT2D eigenvalue weighted by molar-refractivity contribution is -0.139. The summed E-state index contributed by atoms with van der Waals surface area (Å²) < 4.78 is 15.9. The predicted molar refractivity (Wildman–Crippen MR) is 97.1 cm³/mol. The van der Waals surface area contributed by atoms with Crippen LogP contribution in [0.2, 0.25) is 0 Å². The van der Waals surface area contributed by atoms with Gasteiger partial charge in [-0.3, -0.25) is 4.79 Å². The van der Waals surface area contributed by atoms with Crippen LogP contribution < -0.4 is 10.1 Å². The average molecular weight is 351 g/mol. The Hall–Kier alpha value is -2.08. The maximum absolute atomic E-state index is 12.7. The maximum Gasteiger partial charge on any atom is 0.341 e. The molecule has 1 N–H and O–H groups in total. The van der Waals surface area contributed by atoms with Crippen LogP contribution in [-0.4, -0.2) is 37.8 Å². The molecule has 0 saturated carbocycles. The van der Waals surface area contributed by atoms with Crippen molar-refractivity contribution in [1.29, 1.82) is 0 Å². The summed E-state index contributed by atoms with van der Waals surface area (Å²) in [6, 6.07) is 4.87. The number of anilines is 1. The molecule has 0 spiro atoms. The zero-order chi connectivity index (χ0) is 18.9. The second kappa shape index (κ2) is 10.0. The number of hydrogen-bond donors (Lipinski definition) is 1. The van der Waals surface area contributed by atoms with Crippen molar-refractivity contribution in [2.24, 2.45) is 0 Å². The molecule has 1 aromatic rings. The number of carbonyl (C=O) groups is 2. The van der Waals surface area contributed by atoms with Crippen molar-refractivity contribution in [2.75, 3.05) is 25.6 Å². The molecule has 0 radical (unpaired) electrons. The normalized spacial score (nSPS) is 13.0. The van der Waals surface area contributed by atoms with Crippen LogP contribution in [0.15, 0.2) is 18.2 Å². The summed E-state index contributed by atoms with van der Waals surface area (Å²) in [6.07, 6.45) is 2.50. The number of rotatable bonds is 10. The van der Waals surface area contributed by atoms with E-state index < -0.39 is 11.6 Å². The molecule has 0 aliphatic heterocycles. The van der Waals surface area contributed by atoms with E-state index in [-0.39, 0.29) is 18.1 Å². The van der Waals surface area contributed by atoms with Crippen LogP contribution in [0.3, 0.4) is 0 Å². The highest BCUT2D eigenvalue weighted by atomic mass is 16.5. The average Bonchev–Trinajstić information content (AvgIpc) is 2.60. The lowest BCUT2D eigenvalue weighted by atomic mass is 9.97. The molecule has 1 amide bonds. The van der Waals surface area contributed by atoms with Crippen LogP contribution in [0.5, 0.6) is 5.75 Å². The Morgan fingerprint density at radius 3 is 2.44 bits per heavy atom. The number of unbranched alkanes of at least 4 members (excludes halogenated alkanes) is 1. The molecule has 1 unspecified atom stereocenters.